The first-order valence-electron chi connectivity index (χ1n) is 13.3. The Morgan fingerprint density at radius 1 is 0.857 bits per heavy atom. The maximum Gasteiger partial charge on any atom is 0.246 e. The molecule has 2 aliphatic carbocycles. The SMILES string of the molecule is O=C(NC1CCCc2ccccc21)C(C1CCCC1)N1CCN(C(=O)/C=C/c2ccccc2)CC1. The number of carbonyl (C=O) groups excluding carboxylic acids is 2. The molecule has 2 amide bonds. The van der Waals surface area contributed by atoms with Crippen LogP contribution < -0.4 is 5.32 Å². The molecule has 1 saturated carbocycles. The van der Waals surface area contributed by atoms with E-state index < -0.39 is 0 Å². The van der Waals surface area contributed by atoms with E-state index in [1.165, 1.54) is 24.0 Å². The molecule has 0 aromatic heterocycles. The molecule has 184 valence electrons. The molecule has 0 bridgehead atoms. The molecule has 1 saturated heterocycles. The van der Waals surface area contributed by atoms with Gasteiger partial charge in [-0.25, -0.2) is 0 Å². The van der Waals surface area contributed by atoms with E-state index in [0.29, 0.717) is 19.0 Å². The number of nitrogens with zero attached hydrogens (tertiary/aromatic N) is 2. The van der Waals surface area contributed by atoms with Crippen molar-refractivity contribution in [1.82, 2.24) is 15.1 Å². The Labute approximate surface area is 209 Å². The van der Waals surface area contributed by atoms with Crippen molar-refractivity contribution in [2.45, 2.75) is 57.0 Å². The molecule has 2 aromatic carbocycles. The van der Waals surface area contributed by atoms with Gasteiger partial charge >= 0.3 is 0 Å². The first-order chi connectivity index (χ1) is 17.2. The lowest BCUT2D eigenvalue weighted by atomic mass is 9.87. The third-order valence-electron chi connectivity index (χ3n) is 8.04. The second-order valence-electron chi connectivity index (χ2n) is 10.2. The summed E-state index contributed by atoms with van der Waals surface area (Å²) in [7, 11) is 0. The van der Waals surface area contributed by atoms with Gasteiger partial charge in [0, 0.05) is 32.3 Å². The summed E-state index contributed by atoms with van der Waals surface area (Å²) in [6.07, 6.45) is 11.5. The third-order valence-corrected chi connectivity index (χ3v) is 8.04. The summed E-state index contributed by atoms with van der Waals surface area (Å²) in [5.74, 6) is 0.644. The highest BCUT2D eigenvalue weighted by atomic mass is 16.2. The molecule has 5 rings (SSSR count). The molecule has 1 aliphatic heterocycles. The number of hydrogen-bond donors (Lipinski definition) is 1. The van der Waals surface area contributed by atoms with Gasteiger partial charge in [0.25, 0.3) is 0 Å². The highest BCUT2D eigenvalue weighted by Crippen LogP contribution is 2.33. The first kappa shape index (κ1) is 23.8. The highest BCUT2D eigenvalue weighted by molar-refractivity contribution is 5.92. The Bertz CT molecular complexity index is 1040. The van der Waals surface area contributed by atoms with E-state index in [9.17, 15) is 9.59 Å². The van der Waals surface area contributed by atoms with E-state index >= 15 is 0 Å². The molecule has 3 aliphatic rings. The maximum atomic E-state index is 13.7. The minimum Gasteiger partial charge on any atom is -0.348 e. The minimum atomic E-state index is -0.0938. The lowest BCUT2D eigenvalue weighted by Gasteiger charge is -2.41. The molecule has 0 radical (unpaired) electrons. The van der Waals surface area contributed by atoms with Gasteiger partial charge in [-0.2, -0.15) is 0 Å². The van der Waals surface area contributed by atoms with E-state index in [4.69, 9.17) is 0 Å². The van der Waals surface area contributed by atoms with Crippen molar-refractivity contribution < 1.29 is 9.59 Å². The lowest BCUT2D eigenvalue weighted by molar-refractivity contribution is -0.132. The van der Waals surface area contributed by atoms with E-state index in [0.717, 1.165) is 50.8 Å². The van der Waals surface area contributed by atoms with Gasteiger partial charge in [-0.05, 0) is 60.8 Å². The summed E-state index contributed by atoms with van der Waals surface area (Å²) in [6, 6.07) is 18.5. The number of fused-ring (bicyclic) bond motifs is 1. The zero-order valence-electron chi connectivity index (χ0n) is 20.6. The summed E-state index contributed by atoms with van der Waals surface area (Å²) in [5.41, 5.74) is 3.69. The summed E-state index contributed by atoms with van der Waals surface area (Å²) < 4.78 is 0. The molecule has 2 aromatic rings. The zero-order valence-corrected chi connectivity index (χ0v) is 20.6. The van der Waals surface area contributed by atoms with Gasteiger partial charge in [0.05, 0.1) is 12.1 Å². The van der Waals surface area contributed by atoms with Crippen molar-refractivity contribution in [1.29, 1.82) is 0 Å². The molecule has 5 heteroatoms. The van der Waals surface area contributed by atoms with Crippen LogP contribution in [-0.4, -0.2) is 53.8 Å². The zero-order chi connectivity index (χ0) is 24.0. The van der Waals surface area contributed by atoms with Crippen LogP contribution in [0.2, 0.25) is 0 Å². The van der Waals surface area contributed by atoms with Crippen molar-refractivity contribution in [3.05, 3.63) is 77.4 Å². The number of nitrogens with one attached hydrogen (secondary N) is 1. The summed E-state index contributed by atoms with van der Waals surface area (Å²) in [6.45, 7) is 2.84. The molecular formula is C30H37N3O2. The van der Waals surface area contributed by atoms with Crippen LogP contribution >= 0.6 is 0 Å². The predicted molar refractivity (Wildman–Crippen MR) is 140 cm³/mol. The number of carbonyl (C=O) groups is 2. The van der Waals surface area contributed by atoms with Crippen LogP contribution in [0.1, 0.15) is 61.3 Å². The molecule has 2 fully saturated rings. The van der Waals surface area contributed by atoms with Crippen LogP contribution in [0.15, 0.2) is 60.7 Å². The van der Waals surface area contributed by atoms with E-state index in [2.05, 4.69) is 34.5 Å². The van der Waals surface area contributed by atoms with Crippen molar-refractivity contribution in [3.63, 3.8) is 0 Å². The molecule has 2 atom stereocenters. The molecule has 5 nitrogen and oxygen atoms in total. The van der Waals surface area contributed by atoms with Crippen molar-refractivity contribution in [2.24, 2.45) is 5.92 Å². The van der Waals surface area contributed by atoms with Crippen LogP contribution in [0.4, 0.5) is 0 Å². The Hall–Kier alpha value is -2.92. The van der Waals surface area contributed by atoms with Crippen molar-refractivity contribution in [2.75, 3.05) is 26.2 Å². The van der Waals surface area contributed by atoms with Crippen LogP contribution in [0.5, 0.6) is 0 Å². The summed E-state index contributed by atoms with van der Waals surface area (Å²) in [5, 5.41) is 3.45. The summed E-state index contributed by atoms with van der Waals surface area (Å²) in [4.78, 5) is 30.8. The van der Waals surface area contributed by atoms with Gasteiger partial charge < -0.3 is 10.2 Å². The van der Waals surface area contributed by atoms with Gasteiger partial charge in [0.2, 0.25) is 11.8 Å². The third kappa shape index (κ3) is 5.67. The van der Waals surface area contributed by atoms with E-state index in [1.807, 2.05) is 41.3 Å². The molecular weight excluding hydrogens is 434 g/mol. The second kappa shape index (κ2) is 11.2. The number of piperazine rings is 1. The molecule has 1 N–H and O–H groups in total. The highest BCUT2D eigenvalue weighted by Gasteiger charge is 2.38. The molecule has 0 spiro atoms. The molecule has 35 heavy (non-hydrogen) atoms. The van der Waals surface area contributed by atoms with Crippen LogP contribution in [0.3, 0.4) is 0 Å². The fraction of sp³-hybridized carbons (Fsp3) is 0.467. The van der Waals surface area contributed by atoms with Crippen LogP contribution in [0, 0.1) is 5.92 Å². The number of rotatable bonds is 6. The quantitative estimate of drug-likeness (QED) is 0.627. The number of amides is 2. The van der Waals surface area contributed by atoms with E-state index in [1.54, 1.807) is 6.08 Å². The fourth-order valence-corrected chi connectivity index (χ4v) is 6.17. The van der Waals surface area contributed by atoms with Gasteiger partial charge in [0.1, 0.15) is 0 Å². The Morgan fingerprint density at radius 2 is 1.57 bits per heavy atom. The normalized spacial score (nSPS) is 22.2. The minimum absolute atomic E-state index is 0.0502. The van der Waals surface area contributed by atoms with Crippen molar-refractivity contribution >= 4 is 17.9 Å². The average Bonchev–Trinajstić information content (AvgIpc) is 3.43. The van der Waals surface area contributed by atoms with Gasteiger partial charge in [0.15, 0.2) is 0 Å². The predicted octanol–water partition coefficient (Wildman–Crippen LogP) is 4.60. The topological polar surface area (TPSA) is 52.7 Å². The summed E-state index contributed by atoms with van der Waals surface area (Å²) >= 11 is 0. The monoisotopic (exact) mass is 471 g/mol. The fourth-order valence-electron chi connectivity index (χ4n) is 6.17. The number of aryl methyl sites for hydroxylation is 1. The Balaban J connectivity index is 1.23. The van der Waals surface area contributed by atoms with Gasteiger partial charge in [-0.15, -0.1) is 0 Å². The van der Waals surface area contributed by atoms with Crippen molar-refractivity contribution in [3.8, 4) is 0 Å². The molecule has 1 heterocycles. The Kier molecular flexibility index (Phi) is 7.63. The maximum absolute atomic E-state index is 13.7. The van der Waals surface area contributed by atoms with Crippen LogP contribution in [0.25, 0.3) is 6.08 Å². The smallest absolute Gasteiger partial charge is 0.246 e. The standard InChI is InChI=1S/C30H37N3O2/c34-28(18-17-23-9-2-1-3-10-23)32-19-21-33(22-20-32)29(25-12-4-5-13-25)30(35)31-27-16-8-14-24-11-6-7-15-26(24)27/h1-3,6-7,9-11,15,17-18,25,27,29H,4-5,8,12-14,16,19-22H2,(H,31,35)/b18-17+. The van der Waals surface area contributed by atoms with Gasteiger partial charge in [-0.1, -0.05) is 67.4 Å². The number of benzene rings is 2. The van der Waals surface area contributed by atoms with Crippen LogP contribution in [-0.2, 0) is 16.0 Å². The second-order valence-corrected chi connectivity index (χ2v) is 10.2. The average molecular weight is 472 g/mol. The first-order valence-corrected chi connectivity index (χ1v) is 13.3. The molecule has 2 unspecified atom stereocenters. The lowest BCUT2D eigenvalue weighted by Crippen LogP contribution is -2.58. The largest absolute Gasteiger partial charge is 0.348 e. The number of hydrogen-bond acceptors (Lipinski definition) is 3. The van der Waals surface area contributed by atoms with Gasteiger partial charge in [-0.3, -0.25) is 14.5 Å². The Morgan fingerprint density at radius 3 is 2.34 bits per heavy atom. The van der Waals surface area contributed by atoms with E-state index in [-0.39, 0.29) is 23.9 Å².